The number of carbonyl (C=O) groups excluding carboxylic acids is 3. The lowest BCUT2D eigenvalue weighted by molar-refractivity contribution is -0.154. The zero-order valence-electron chi connectivity index (χ0n) is 16.0. The Balaban J connectivity index is 1.68. The number of fused-ring (bicyclic) bond motifs is 1. The molecular formula is C20H24N2O5S. The summed E-state index contributed by atoms with van der Waals surface area (Å²) in [5, 5.41) is 11.2. The average molecular weight is 404 g/mol. The number of esters is 1. The number of β-lactam (4-membered cyclic amide) rings is 1. The van der Waals surface area contributed by atoms with Gasteiger partial charge in [0.15, 0.2) is 0 Å². The van der Waals surface area contributed by atoms with Gasteiger partial charge < -0.3 is 20.1 Å². The topological polar surface area (TPSA) is 95.9 Å². The maximum absolute atomic E-state index is 12.5. The molecule has 28 heavy (non-hydrogen) atoms. The molecule has 0 spiro atoms. The van der Waals surface area contributed by atoms with E-state index in [2.05, 4.69) is 5.32 Å². The number of rotatable bonds is 5. The highest BCUT2D eigenvalue weighted by Gasteiger charge is 2.53. The van der Waals surface area contributed by atoms with Crippen molar-refractivity contribution in [1.82, 2.24) is 10.2 Å². The molecule has 0 aliphatic carbocycles. The highest BCUT2D eigenvalue weighted by atomic mass is 32.2. The molecule has 3 rings (SSSR count). The first-order valence-electron chi connectivity index (χ1n) is 9.05. The molecule has 2 aliphatic heterocycles. The zero-order valence-corrected chi connectivity index (χ0v) is 16.9. The average Bonchev–Trinajstić information content (AvgIpc) is 2.64. The minimum Gasteiger partial charge on any atom is -0.459 e. The summed E-state index contributed by atoms with van der Waals surface area (Å²) in [7, 11) is 0. The number of nitrogens with one attached hydrogen (secondary N) is 1. The van der Waals surface area contributed by atoms with Crippen molar-refractivity contribution in [3.63, 3.8) is 0 Å². The molecule has 0 radical (unpaired) electrons. The highest BCUT2D eigenvalue weighted by Crippen LogP contribution is 2.41. The summed E-state index contributed by atoms with van der Waals surface area (Å²) in [4.78, 5) is 38.7. The Morgan fingerprint density at radius 3 is 2.54 bits per heavy atom. The first-order chi connectivity index (χ1) is 13.2. The van der Waals surface area contributed by atoms with E-state index in [1.54, 1.807) is 20.8 Å². The molecule has 0 aromatic heterocycles. The standard InChI is InChI=1S/C20H24N2O5S/c1-20(2,3)27-19(26)16-13(11-23)10-22-17(25)15(18(22)28-16)21-14(24)9-12-7-5-4-6-8-12/h4-8,10,15-16,18,23H,9,11H2,1-3H3,(H,21,24)/t15?,16?,18-/m1/s1. The van der Waals surface area contributed by atoms with Crippen LogP contribution in [0.15, 0.2) is 42.1 Å². The number of carbonyl (C=O) groups is 3. The van der Waals surface area contributed by atoms with Crippen LogP contribution in [-0.2, 0) is 25.5 Å². The van der Waals surface area contributed by atoms with Crippen LogP contribution in [0.1, 0.15) is 26.3 Å². The molecule has 0 saturated carbocycles. The van der Waals surface area contributed by atoms with E-state index in [0.29, 0.717) is 5.57 Å². The van der Waals surface area contributed by atoms with E-state index in [1.165, 1.54) is 22.9 Å². The fraction of sp³-hybridized carbons (Fsp3) is 0.450. The second kappa shape index (κ2) is 7.97. The van der Waals surface area contributed by atoms with Crippen LogP contribution in [0.2, 0.25) is 0 Å². The molecule has 3 atom stereocenters. The molecule has 1 aromatic rings. The van der Waals surface area contributed by atoms with Gasteiger partial charge in [0.1, 0.15) is 22.3 Å². The van der Waals surface area contributed by atoms with Crippen molar-refractivity contribution >= 4 is 29.5 Å². The third-order valence-electron chi connectivity index (χ3n) is 4.32. The van der Waals surface area contributed by atoms with Crippen LogP contribution in [0.25, 0.3) is 0 Å². The number of aliphatic hydroxyl groups excluding tert-OH is 1. The van der Waals surface area contributed by atoms with Crippen LogP contribution < -0.4 is 5.32 Å². The zero-order chi connectivity index (χ0) is 20.5. The summed E-state index contributed by atoms with van der Waals surface area (Å²) in [6, 6.07) is 8.56. The molecule has 1 fully saturated rings. The normalized spacial score (nSPS) is 24.0. The van der Waals surface area contributed by atoms with Gasteiger partial charge in [-0.05, 0) is 31.9 Å². The monoisotopic (exact) mass is 404 g/mol. The van der Waals surface area contributed by atoms with Crippen LogP contribution in [0, 0.1) is 0 Å². The fourth-order valence-electron chi connectivity index (χ4n) is 3.07. The number of hydrogen-bond donors (Lipinski definition) is 2. The number of amides is 2. The molecule has 7 nitrogen and oxygen atoms in total. The number of nitrogens with zero attached hydrogens (tertiary/aromatic N) is 1. The minimum absolute atomic E-state index is 0.176. The molecule has 1 aromatic carbocycles. The third-order valence-corrected chi connectivity index (χ3v) is 5.87. The lowest BCUT2D eigenvalue weighted by Crippen LogP contribution is -2.69. The second-order valence-corrected chi connectivity index (χ2v) is 8.98. The van der Waals surface area contributed by atoms with E-state index in [0.717, 1.165) is 5.56 Å². The van der Waals surface area contributed by atoms with E-state index < -0.39 is 28.2 Å². The van der Waals surface area contributed by atoms with Crippen molar-refractivity contribution in [2.45, 2.75) is 49.5 Å². The molecule has 0 bridgehead atoms. The summed E-state index contributed by atoms with van der Waals surface area (Å²) >= 11 is 1.21. The Morgan fingerprint density at radius 2 is 1.93 bits per heavy atom. The molecule has 8 heteroatoms. The number of benzene rings is 1. The quantitative estimate of drug-likeness (QED) is 0.566. The molecular weight excluding hydrogens is 380 g/mol. The Labute approximate surface area is 168 Å². The van der Waals surface area contributed by atoms with E-state index in [1.807, 2.05) is 30.3 Å². The molecule has 1 saturated heterocycles. The van der Waals surface area contributed by atoms with Crippen molar-refractivity contribution in [2.75, 3.05) is 6.61 Å². The van der Waals surface area contributed by atoms with Crippen LogP contribution in [0.3, 0.4) is 0 Å². The first kappa shape index (κ1) is 20.4. The number of hydrogen-bond acceptors (Lipinski definition) is 6. The SMILES string of the molecule is CC(C)(C)OC(=O)C1S[C@@H]2C(NC(=O)Cc3ccccc3)C(=O)N2C=C1CO. The Bertz CT molecular complexity index is 803. The van der Waals surface area contributed by atoms with Gasteiger partial charge in [-0.25, -0.2) is 0 Å². The molecule has 2 aliphatic rings. The summed E-state index contributed by atoms with van der Waals surface area (Å²) < 4.78 is 5.44. The van der Waals surface area contributed by atoms with E-state index in [-0.39, 0.29) is 24.8 Å². The Hall–Kier alpha value is -2.32. The third kappa shape index (κ3) is 4.39. The maximum Gasteiger partial charge on any atom is 0.324 e. The van der Waals surface area contributed by atoms with E-state index in [9.17, 15) is 19.5 Å². The largest absolute Gasteiger partial charge is 0.459 e. The van der Waals surface area contributed by atoms with Gasteiger partial charge in [0.2, 0.25) is 5.91 Å². The number of aliphatic hydroxyl groups is 1. The Kier molecular flexibility index (Phi) is 5.81. The highest BCUT2D eigenvalue weighted by molar-refractivity contribution is 8.01. The van der Waals surface area contributed by atoms with Crippen molar-refractivity contribution in [2.24, 2.45) is 0 Å². The van der Waals surface area contributed by atoms with Gasteiger partial charge in [0.05, 0.1) is 13.0 Å². The van der Waals surface area contributed by atoms with Crippen molar-refractivity contribution in [3.05, 3.63) is 47.7 Å². The predicted octanol–water partition coefficient (Wildman–Crippen LogP) is 1.22. The first-order valence-corrected chi connectivity index (χ1v) is 9.99. The lowest BCUT2D eigenvalue weighted by Gasteiger charge is -2.49. The predicted molar refractivity (Wildman–Crippen MR) is 105 cm³/mol. The van der Waals surface area contributed by atoms with Crippen LogP contribution in [-0.4, -0.2) is 56.7 Å². The van der Waals surface area contributed by atoms with Crippen molar-refractivity contribution in [3.8, 4) is 0 Å². The van der Waals surface area contributed by atoms with Crippen LogP contribution in [0.5, 0.6) is 0 Å². The summed E-state index contributed by atoms with van der Waals surface area (Å²) in [6.45, 7) is 4.96. The van der Waals surface area contributed by atoms with Crippen LogP contribution in [0.4, 0.5) is 0 Å². The molecule has 2 N–H and O–H groups in total. The number of thioether (sulfide) groups is 1. The molecule has 150 valence electrons. The molecule has 2 amide bonds. The van der Waals surface area contributed by atoms with Crippen LogP contribution >= 0.6 is 11.8 Å². The summed E-state index contributed by atoms with van der Waals surface area (Å²) in [5.74, 6) is -0.978. The minimum atomic E-state index is -0.716. The lowest BCUT2D eigenvalue weighted by atomic mass is 10.0. The fourth-order valence-corrected chi connectivity index (χ4v) is 4.45. The Morgan fingerprint density at radius 1 is 1.25 bits per heavy atom. The van der Waals surface area contributed by atoms with Gasteiger partial charge in [0, 0.05) is 6.20 Å². The van der Waals surface area contributed by atoms with Gasteiger partial charge in [0.25, 0.3) is 5.91 Å². The van der Waals surface area contributed by atoms with Gasteiger partial charge in [-0.3, -0.25) is 14.4 Å². The second-order valence-electron chi connectivity index (χ2n) is 7.76. The summed E-state index contributed by atoms with van der Waals surface area (Å²) in [5.41, 5.74) is 0.612. The number of ether oxygens (including phenoxy) is 1. The summed E-state index contributed by atoms with van der Waals surface area (Å²) in [6.07, 6.45) is 1.67. The van der Waals surface area contributed by atoms with Gasteiger partial charge in [-0.15, -0.1) is 11.8 Å². The molecule has 2 unspecified atom stereocenters. The molecule has 2 heterocycles. The van der Waals surface area contributed by atoms with Gasteiger partial charge >= 0.3 is 5.97 Å². The van der Waals surface area contributed by atoms with E-state index >= 15 is 0 Å². The van der Waals surface area contributed by atoms with Gasteiger partial charge in [-0.1, -0.05) is 30.3 Å². The van der Waals surface area contributed by atoms with Gasteiger partial charge in [-0.2, -0.15) is 0 Å². The van der Waals surface area contributed by atoms with Crippen molar-refractivity contribution < 1.29 is 24.2 Å². The smallest absolute Gasteiger partial charge is 0.324 e. The van der Waals surface area contributed by atoms with E-state index in [4.69, 9.17) is 4.74 Å². The maximum atomic E-state index is 12.5. The van der Waals surface area contributed by atoms with Crippen molar-refractivity contribution in [1.29, 1.82) is 0 Å².